The van der Waals surface area contributed by atoms with Crippen LogP contribution in [0.5, 0.6) is 5.75 Å². The van der Waals surface area contributed by atoms with Gasteiger partial charge in [0.2, 0.25) is 5.82 Å². The molecule has 1 atom stereocenters. The quantitative estimate of drug-likeness (QED) is 0.500. The first-order valence-corrected chi connectivity index (χ1v) is 11.3. The Labute approximate surface area is 194 Å². The third kappa shape index (κ3) is 8.70. The molecule has 0 saturated heterocycles. The number of carbonyl (C=O) groups excluding carboxylic acids is 1. The second kappa shape index (κ2) is 10.5. The zero-order valence-electron chi connectivity index (χ0n) is 17.8. The Balaban J connectivity index is 2.39. The first kappa shape index (κ1) is 27.8. The van der Waals surface area contributed by atoms with E-state index >= 15 is 0 Å². The molecule has 0 spiro atoms. The molecule has 16 heteroatoms. The highest BCUT2D eigenvalue weighted by Gasteiger charge is 2.36. The molecule has 0 unspecified atom stereocenters. The zero-order valence-corrected chi connectivity index (χ0v) is 18.6. The Kier molecular flexibility index (Phi) is 8.31. The number of hydrogen-bond acceptors (Lipinski definition) is 7. The largest absolute Gasteiger partial charge is 0.573 e. The van der Waals surface area contributed by atoms with Gasteiger partial charge in [-0.2, -0.15) is 13.2 Å². The molecule has 2 N–H and O–H groups in total. The van der Waals surface area contributed by atoms with Crippen LogP contribution in [0.1, 0.15) is 28.7 Å². The van der Waals surface area contributed by atoms with Crippen LogP contribution in [0.15, 0.2) is 35.9 Å². The lowest BCUT2D eigenvalue weighted by molar-refractivity contribution is -0.275. The number of ether oxygens (including phenoxy) is 1. The van der Waals surface area contributed by atoms with Crippen LogP contribution in [0.3, 0.4) is 0 Å². The van der Waals surface area contributed by atoms with Crippen molar-refractivity contribution in [2.24, 2.45) is 0 Å². The molecule has 1 aromatic heterocycles. The molecule has 35 heavy (non-hydrogen) atoms. The van der Waals surface area contributed by atoms with Crippen molar-refractivity contribution in [2.75, 3.05) is 11.6 Å². The van der Waals surface area contributed by atoms with E-state index in [4.69, 9.17) is 0 Å². The van der Waals surface area contributed by atoms with Gasteiger partial charge < -0.3 is 15.4 Å². The summed E-state index contributed by atoms with van der Waals surface area (Å²) in [6.07, 6.45) is -7.73. The number of halogens is 7. The fraction of sp³-hybridized carbons (Fsp3) is 0.316. The number of benzene rings is 1. The van der Waals surface area contributed by atoms with Crippen LogP contribution in [0.2, 0.25) is 0 Å². The molecule has 1 amide bonds. The molecule has 0 aliphatic rings. The molecule has 2 aromatic rings. The summed E-state index contributed by atoms with van der Waals surface area (Å²) in [6.45, 7) is 0.508. The topological polar surface area (TPSA) is 110 Å². The molecular formula is C19H17F7N4O4S. The Hall–Kier alpha value is -3.43. The summed E-state index contributed by atoms with van der Waals surface area (Å²) in [5.41, 5.74) is -1.28. The highest BCUT2D eigenvalue weighted by molar-refractivity contribution is 7.93. The Morgan fingerprint density at radius 2 is 1.86 bits per heavy atom. The average Bonchev–Trinajstić information content (AvgIpc) is 2.69. The first-order chi connectivity index (χ1) is 16.0. The van der Waals surface area contributed by atoms with Crippen LogP contribution in [-0.2, 0) is 22.6 Å². The number of nitrogens with zero attached hydrogens (tertiary/aromatic N) is 2. The van der Waals surface area contributed by atoms with Gasteiger partial charge >= 0.3 is 12.5 Å². The summed E-state index contributed by atoms with van der Waals surface area (Å²) in [5, 5.41) is 5.28. The van der Waals surface area contributed by atoms with Crippen molar-refractivity contribution in [1.29, 1.82) is 0 Å². The fourth-order valence-electron chi connectivity index (χ4n) is 2.52. The van der Waals surface area contributed by atoms with E-state index in [1.54, 1.807) is 0 Å². The highest BCUT2D eigenvalue weighted by Crippen LogP contribution is 2.30. The summed E-state index contributed by atoms with van der Waals surface area (Å²) in [4.78, 5) is 18.8. The van der Waals surface area contributed by atoms with Crippen molar-refractivity contribution in [2.45, 2.75) is 32.0 Å². The minimum absolute atomic E-state index is 0.509. The summed E-state index contributed by atoms with van der Waals surface area (Å²) in [6, 6.07) is 1.60. The smallest absolute Gasteiger partial charge is 0.405 e. The number of amides is 1. The van der Waals surface area contributed by atoms with Gasteiger partial charge in [0, 0.05) is 36.0 Å². The van der Waals surface area contributed by atoms with Crippen LogP contribution < -0.4 is 15.4 Å². The van der Waals surface area contributed by atoms with Crippen LogP contribution >= 0.6 is 0 Å². The van der Waals surface area contributed by atoms with E-state index in [0.717, 1.165) is 35.9 Å². The molecule has 1 aromatic carbocycles. The van der Waals surface area contributed by atoms with Gasteiger partial charge in [0.25, 0.3) is 5.91 Å². The number of aromatic nitrogens is 2. The maximum absolute atomic E-state index is 14.2. The number of hydrogen-bond donors (Lipinski definition) is 2. The summed E-state index contributed by atoms with van der Waals surface area (Å²) in [7, 11) is -3.53. The predicted molar refractivity (Wildman–Crippen MR) is 108 cm³/mol. The zero-order chi connectivity index (χ0) is 26.6. The van der Waals surface area contributed by atoms with Crippen molar-refractivity contribution < 1.29 is 48.7 Å². The number of rotatable bonds is 8. The molecule has 2 rings (SSSR count). The molecule has 192 valence electrons. The van der Waals surface area contributed by atoms with Crippen LogP contribution in [0, 0.1) is 5.82 Å². The molecule has 0 radical (unpaired) electrons. The first-order valence-electron chi connectivity index (χ1n) is 9.36. The van der Waals surface area contributed by atoms with Crippen LogP contribution in [-0.4, -0.2) is 43.0 Å². The molecule has 1 heterocycles. The predicted octanol–water partition coefficient (Wildman–Crippen LogP) is 3.82. The number of alkyl halides is 6. The van der Waals surface area contributed by atoms with Gasteiger partial charge in [-0.05, 0) is 19.1 Å². The lowest BCUT2D eigenvalue weighted by atomic mass is 10.1. The molecule has 0 aliphatic carbocycles. The second-order valence-electron chi connectivity index (χ2n) is 6.99. The maximum atomic E-state index is 14.2. The van der Waals surface area contributed by atoms with Crippen molar-refractivity contribution in [3.05, 3.63) is 58.6 Å². The van der Waals surface area contributed by atoms with Gasteiger partial charge in [0.1, 0.15) is 22.9 Å². The van der Waals surface area contributed by atoms with Crippen molar-refractivity contribution in [3.8, 4) is 5.75 Å². The molecular weight excluding hydrogens is 513 g/mol. The molecule has 0 aliphatic heterocycles. The van der Waals surface area contributed by atoms with E-state index in [9.17, 15) is 43.9 Å². The fourth-order valence-corrected chi connectivity index (χ4v) is 3.04. The van der Waals surface area contributed by atoms with Gasteiger partial charge in [-0.1, -0.05) is 12.1 Å². The second-order valence-corrected chi connectivity index (χ2v) is 8.92. The van der Waals surface area contributed by atoms with Gasteiger partial charge in [-0.3, -0.25) is 4.79 Å². The summed E-state index contributed by atoms with van der Waals surface area (Å²) in [5.74, 6) is -5.63. The standard InChI is InChI=1S/C19H17F7N4O4S/c1-10(6-7-35(2,32)33)29-16(31)12-9-28-17(18(21,22)23)30-15(12)27-8-11-13(20)4-3-5-14(11)34-19(24,25)26/h3-7,9-10H,8H2,1-2H3,(H,29,31)(H,27,28,30)/b7-6+/t10-/m0/s1. The monoisotopic (exact) mass is 530 g/mol. The Morgan fingerprint density at radius 3 is 2.43 bits per heavy atom. The highest BCUT2D eigenvalue weighted by atomic mass is 32.2. The van der Waals surface area contributed by atoms with Gasteiger partial charge in [-0.15, -0.1) is 13.2 Å². The van der Waals surface area contributed by atoms with Gasteiger partial charge in [0.15, 0.2) is 9.84 Å². The summed E-state index contributed by atoms with van der Waals surface area (Å²) >= 11 is 0. The van der Waals surface area contributed by atoms with E-state index in [1.165, 1.54) is 6.92 Å². The third-order valence-corrected chi connectivity index (χ3v) is 4.65. The molecule has 0 fully saturated rings. The molecule has 0 bridgehead atoms. The maximum Gasteiger partial charge on any atom is 0.573 e. The molecule has 0 saturated carbocycles. The van der Waals surface area contributed by atoms with E-state index in [2.05, 4.69) is 25.3 Å². The Morgan fingerprint density at radius 1 is 1.20 bits per heavy atom. The molecule has 8 nitrogen and oxygen atoms in total. The van der Waals surface area contributed by atoms with E-state index in [0.29, 0.717) is 6.20 Å². The SMILES string of the molecule is C[C@@H](/C=C/S(C)(=O)=O)NC(=O)c1cnc(C(F)(F)F)nc1NCc1c(F)cccc1OC(F)(F)F. The minimum Gasteiger partial charge on any atom is -0.405 e. The Bertz CT molecular complexity index is 1210. The number of carbonyl (C=O) groups is 1. The average molecular weight is 530 g/mol. The number of anilines is 1. The van der Waals surface area contributed by atoms with Crippen molar-refractivity contribution >= 4 is 21.6 Å². The van der Waals surface area contributed by atoms with Crippen molar-refractivity contribution in [3.63, 3.8) is 0 Å². The van der Waals surface area contributed by atoms with Crippen LogP contribution in [0.4, 0.5) is 36.6 Å². The van der Waals surface area contributed by atoms with Crippen molar-refractivity contribution in [1.82, 2.24) is 15.3 Å². The summed E-state index contributed by atoms with van der Waals surface area (Å²) < 4.78 is 117. The van der Waals surface area contributed by atoms with E-state index in [-0.39, 0.29) is 0 Å². The van der Waals surface area contributed by atoms with Gasteiger partial charge in [-0.25, -0.2) is 22.8 Å². The third-order valence-electron chi connectivity index (χ3n) is 3.99. The number of sulfone groups is 1. The lowest BCUT2D eigenvalue weighted by Gasteiger charge is -2.17. The minimum atomic E-state index is -5.18. The van der Waals surface area contributed by atoms with Gasteiger partial charge in [0.05, 0.1) is 0 Å². The lowest BCUT2D eigenvalue weighted by Crippen LogP contribution is -2.32. The van der Waals surface area contributed by atoms with E-state index in [1.807, 2.05) is 0 Å². The van der Waals surface area contributed by atoms with E-state index < -0.39 is 75.2 Å². The van der Waals surface area contributed by atoms with Crippen LogP contribution in [0.25, 0.3) is 0 Å². The normalized spacial score (nSPS) is 13.5. The number of nitrogens with one attached hydrogen (secondary N) is 2.